The molecule has 1 aliphatic rings. The molecule has 0 saturated carbocycles. The van der Waals surface area contributed by atoms with Gasteiger partial charge in [-0.05, 0) is 51.3 Å². The smallest absolute Gasteiger partial charge is 0.410 e. The van der Waals surface area contributed by atoms with Crippen LogP contribution in [0.5, 0.6) is 5.75 Å². The van der Waals surface area contributed by atoms with Gasteiger partial charge < -0.3 is 19.5 Å². The molecule has 2 rings (SSSR count). The van der Waals surface area contributed by atoms with Gasteiger partial charge in [0.15, 0.2) is 0 Å². The monoisotopic (exact) mass is 307 g/mol. The van der Waals surface area contributed by atoms with Gasteiger partial charge in [-0.2, -0.15) is 0 Å². The van der Waals surface area contributed by atoms with Crippen LogP contribution in [0.3, 0.4) is 0 Å². The number of amides is 1. The molecule has 1 aromatic rings. The Kier molecular flexibility index (Phi) is 4.96. The summed E-state index contributed by atoms with van der Waals surface area (Å²) in [5.41, 5.74) is 0.213. The van der Waals surface area contributed by atoms with Gasteiger partial charge in [-0.1, -0.05) is 12.1 Å². The number of hydrogen-bond acceptors (Lipinski definition) is 4. The second-order valence-corrected chi connectivity index (χ2v) is 6.60. The van der Waals surface area contributed by atoms with Gasteiger partial charge in [0.1, 0.15) is 11.4 Å². The predicted molar refractivity (Wildman–Crippen MR) is 83.9 cm³/mol. The highest BCUT2D eigenvalue weighted by Crippen LogP contribution is 2.31. The summed E-state index contributed by atoms with van der Waals surface area (Å²) in [7, 11) is 1.59. The van der Waals surface area contributed by atoms with Crippen molar-refractivity contribution in [3.8, 4) is 5.75 Å². The van der Waals surface area contributed by atoms with Crippen LogP contribution in [0.1, 0.15) is 45.3 Å². The minimum absolute atomic E-state index is 0.262. The lowest BCUT2D eigenvalue weighted by Gasteiger charge is -2.31. The van der Waals surface area contributed by atoms with Gasteiger partial charge in [0.25, 0.3) is 0 Å². The summed E-state index contributed by atoms with van der Waals surface area (Å²) in [6, 6.07) is 7.05. The maximum atomic E-state index is 12.3. The van der Waals surface area contributed by atoms with E-state index in [1.165, 1.54) is 0 Å². The van der Waals surface area contributed by atoms with Crippen molar-refractivity contribution in [2.75, 3.05) is 13.7 Å². The molecule has 1 aromatic carbocycles. The third kappa shape index (κ3) is 3.91. The minimum atomic E-state index is -0.745. The fourth-order valence-electron chi connectivity index (χ4n) is 2.72. The van der Waals surface area contributed by atoms with E-state index in [-0.39, 0.29) is 12.1 Å². The quantitative estimate of drug-likeness (QED) is 0.932. The first-order valence-corrected chi connectivity index (χ1v) is 7.63. The van der Waals surface area contributed by atoms with E-state index in [0.29, 0.717) is 12.3 Å². The molecule has 5 nitrogen and oxygen atoms in total. The van der Waals surface area contributed by atoms with Crippen molar-refractivity contribution in [3.05, 3.63) is 29.8 Å². The highest BCUT2D eigenvalue weighted by Gasteiger charge is 2.37. The van der Waals surface area contributed by atoms with Crippen molar-refractivity contribution in [2.24, 2.45) is 0 Å². The van der Waals surface area contributed by atoms with Crippen molar-refractivity contribution < 1.29 is 19.4 Å². The van der Waals surface area contributed by atoms with Gasteiger partial charge in [0.05, 0.1) is 19.3 Å². The van der Waals surface area contributed by atoms with Gasteiger partial charge in [-0.3, -0.25) is 0 Å². The molecular formula is C17H25NO4. The zero-order chi connectivity index (χ0) is 16.3. The average Bonchev–Trinajstić information content (AvgIpc) is 2.94. The molecule has 5 heteroatoms. The zero-order valence-corrected chi connectivity index (χ0v) is 13.7. The van der Waals surface area contributed by atoms with Crippen LogP contribution in [0.15, 0.2) is 24.3 Å². The molecule has 0 spiro atoms. The number of aliphatic hydroxyl groups is 1. The number of nitrogens with zero attached hydrogens (tertiary/aromatic N) is 1. The molecule has 1 heterocycles. The number of aliphatic hydroxyl groups excluding tert-OH is 1. The van der Waals surface area contributed by atoms with Crippen molar-refractivity contribution in [2.45, 2.75) is 51.4 Å². The van der Waals surface area contributed by atoms with Gasteiger partial charge >= 0.3 is 6.09 Å². The number of carbonyl (C=O) groups excluding carboxylic acids is 1. The molecule has 1 saturated heterocycles. The molecule has 1 aliphatic heterocycles. The van der Waals surface area contributed by atoms with Crippen LogP contribution in [0.25, 0.3) is 0 Å². The number of methoxy groups -OCH3 is 1. The summed E-state index contributed by atoms with van der Waals surface area (Å²) in [5, 5.41) is 10.7. The number of likely N-dealkylation sites (tertiary alicyclic amines) is 1. The van der Waals surface area contributed by atoms with E-state index in [1.54, 1.807) is 18.1 Å². The first-order valence-electron chi connectivity index (χ1n) is 7.63. The van der Waals surface area contributed by atoms with Gasteiger partial charge in [0.2, 0.25) is 0 Å². The zero-order valence-electron chi connectivity index (χ0n) is 13.7. The standard InChI is InChI=1S/C17H25NO4/c1-17(2,3)22-16(20)18-10-6-9-14(18)15(19)12-7-5-8-13(11-12)21-4/h5,7-8,11,14-15,19H,6,9-10H2,1-4H3/t14-,15-/m0/s1. The first kappa shape index (κ1) is 16.6. The number of benzene rings is 1. The van der Waals surface area contributed by atoms with Crippen molar-refractivity contribution in [1.82, 2.24) is 4.90 Å². The lowest BCUT2D eigenvalue weighted by atomic mass is 10.0. The predicted octanol–water partition coefficient (Wildman–Crippen LogP) is 3.13. The molecule has 0 unspecified atom stereocenters. The third-order valence-corrected chi connectivity index (χ3v) is 3.73. The van der Waals surface area contributed by atoms with E-state index < -0.39 is 11.7 Å². The fourth-order valence-corrected chi connectivity index (χ4v) is 2.72. The lowest BCUT2D eigenvalue weighted by molar-refractivity contribution is 0.00488. The largest absolute Gasteiger partial charge is 0.497 e. The molecular weight excluding hydrogens is 282 g/mol. The van der Waals surface area contributed by atoms with Crippen molar-refractivity contribution in [1.29, 1.82) is 0 Å². The van der Waals surface area contributed by atoms with E-state index in [9.17, 15) is 9.90 Å². The van der Waals surface area contributed by atoms with E-state index in [1.807, 2.05) is 39.0 Å². The molecule has 122 valence electrons. The first-order chi connectivity index (χ1) is 10.3. The molecule has 0 aromatic heterocycles. The van der Waals surface area contributed by atoms with Gasteiger partial charge in [-0.15, -0.1) is 0 Å². The van der Waals surface area contributed by atoms with Crippen LogP contribution in [0.2, 0.25) is 0 Å². The Morgan fingerprint density at radius 1 is 1.41 bits per heavy atom. The normalized spacial score (nSPS) is 19.9. The second kappa shape index (κ2) is 6.57. The Balaban J connectivity index is 2.13. The average molecular weight is 307 g/mol. The molecule has 22 heavy (non-hydrogen) atoms. The Hall–Kier alpha value is -1.75. The van der Waals surface area contributed by atoms with Crippen LogP contribution >= 0.6 is 0 Å². The van der Waals surface area contributed by atoms with Crippen LogP contribution in [0.4, 0.5) is 4.79 Å². The summed E-state index contributed by atoms with van der Waals surface area (Å²) in [6.07, 6.45) is 0.518. The summed E-state index contributed by atoms with van der Waals surface area (Å²) in [4.78, 5) is 13.9. The minimum Gasteiger partial charge on any atom is -0.497 e. The van der Waals surface area contributed by atoms with E-state index in [4.69, 9.17) is 9.47 Å². The molecule has 2 atom stereocenters. The number of hydrogen-bond donors (Lipinski definition) is 1. The Bertz CT molecular complexity index is 524. The maximum absolute atomic E-state index is 12.3. The van der Waals surface area contributed by atoms with Gasteiger partial charge in [0, 0.05) is 6.54 Å². The van der Waals surface area contributed by atoms with Crippen LogP contribution < -0.4 is 4.74 Å². The number of rotatable bonds is 3. The SMILES string of the molecule is COc1cccc([C@H](O)[C@@H]2CCCN2C(=O)OC(C)(C)C)c1. The van der Waals surface area contributed by atoms with E-state index in [0.717, 1.165) is 18.4 Å². The topological polar surface area (TPSA) is 59.0 Å². The van der Waals surface area contributed by atoms with Crippen molar-refractivity contribution >= 4 is 6.09 Å². The summed E-state index contributed by atoms with van der Waals surface area (Å²) < 4.78 is 10.6. The van der Waals surface area contributed by atoms with Crippen LogP contribution in [0, 0.1) is 0 Å². The molecule has 1 amide bonds. The summed E-state index contributed by atoms with van der Waals surface area (Å²) in [5.74, 6) is 0.693. The van der Waals surface area contributed by atoms with Crippen molar-refractivity contribution in [3.63, 3.8) is 0 Å². The van der Waals surface area contributed by atoms with Gasteiger partial charge in [-0.25, -0.2) is 4.79 Å². The summed E-state index contributed by atoms with van der Waals surface area (Å²) >= 11 is 0. The number of ether oxygens (including phenoxy) is 2. The fraction of sp³-hybridized carbons (Fsp3) is 0.588. The highest BCUT2D eigenvalue weighted by molar-refractivity contribution is 5.69. The molecule has 0 bridgehead atoms. The van der Waals surface area contributed by atoms with Crippen LogP contribution in [-0.4, -0.2) is 41.4 Å². The highest BCUT2D eigenvalue weighted by atomic mass is 16.6. The number of carbonyl (C=O) groups is 1. The lowest BCUT2D eigenvalue weighted by Crippen LogP contribution is -2.42. The Morgan fingerprint density at radius 2 is 2.14 bits per heavy atom. The molecule has 1 N–H and O–H groups in total. The molecule has 0 radical (unpaired) electrons. The Labute approximate surface area is 131 Å². The molecule has 1 fully saturated rings. The van der Waals surface area contributed by atoms with Crippen LogP contribution in [-0.2, 0) is 4.74 Å². The third-order valence-electron chi connectivity index (χ3n) is 3.73. The molecule has 0 aliphatic carbocycles. The van der Waals surface area contributed by atoms with E-state index in [2.05, 4.69) is 0 Å². The van der Waals surface area contributed by atoms with E-state index >= 15 is 0 Å². The second-order valence-electron chi connectivity index (χ2n) is 6.60. The maximum Gasteiger partial charge on any atom is 0.410 e. The summed E-state index contributed by atoms with van der Waals surface area (Å²) in [6.45, 7) is 6.14. The Morgan fingerprint density at radius 3 is 2.77 bits per heavy atom.